The van der Waals surface area contributed by atoms with Crippen LogP contribution in [-0.2, 0) is 8.98 Å². The first-order valence-electron chi connectivity index (χ1n) is 6.60. The van der Waals surface area contributed by atoms with Crippen LogP contribution in [0.4, 0.5) is 0 Å². The minimum atomic E-state index is -1.35. The average molecular weight is 280 g/mol. The number of carbonyl (C=O) groups excluding carboxylic acids is 1. The smallest absolute Gasteiger partial charge is 0.137 e. The first kappa shape index (κ1) is 12.4. The second-order valence-corrected chi connectivity index (χ2v) is 6.09. The van der Waals surface area contributed by atoms with E-state index in [-0.39, 0.29) is 30.1 Å². The summed E-state index contributed by atoms with van der Waals surface area (Å²) in [5.41, 5.74) is 0. The second-order valence-electron chi connectivity index (χ2n) is 4.42. The van der Waals surface area contributed by atoms with Gasteiger partial charge in [-0.25, -0.2) is 0 Å². The molecule has 0 heterocycles. The van der Waals surface area contributed by atoms with Crippen LogP contribution < -0.4 is 0 Å². The van der Waals surface area contributed by atoms with Gasteiger partial charge < -0.3 is 14.4 Å². The first-order valence-corrected chi connectivity index (χ1v) is 7.89. The van der Waals surface area contributed by atoms with Crippen LogP contribution >= 0.6 is 19.3 Å². The van der Waals surface area contributed by atoms with Crippen molar-refractivity contribution in [2.24, 2.45) is 17.8 Å². The lowest BCUT2D eigenvalue weighted by Crippen LogP contribution is -2.29. The molecule has 2 N–H and O–H groups in total. The SMILES string of the molecule is [2H]P([B][3H])SOC[C@@H]1C[C@H](C(C)=O)C[C@H]1C(O)CO. The van der Waals surface area contributed by atoms with Crippen LogP contribution in [0.25, 0.3) is 0 Å². The number of aliphatic hydroxyl groups excluding tert-OH is 2. The molecule has 1 aliphatic carbocycles. The summed E-state index contributed by atoms with van der Waals surface area (Å²) in [6.07, 6.45) is 0.400. The van der Waals surface area contributed by atoms with E-state index in [1.807, 2.05) is 0 Å². The summed E-state index contributed by atoms with van der Waals surface area (Å²) < 4.78 is 19.6. The molecule has 0 saturated heterocycles. The summed E-state index contributed by atoms with van der Waals surface area (Å²) in [6.45, 7) is 1.56. The zero-order valence-corrected chi connectivity index (χ0v) is 11.5. The van der Waals surface area contributed by atoms with Crippen LogP contribution in [0.3, 0.4) is 0 Å². The van der Waals surface area contributed by atoms with Gasteiger partial charge in [-0.3, -0.25) is 4.79 Å². The van der Waals surface area contributed by atoms with Crippen molar-refractivity contribution in [1.29, 1.82) is 2.61 Å². The van der Waals surface area contributed by atoms with Crippen LogP contribution in [0.15, 0.2) is 0 Å². The van der Waals surface area contributed by atoms with Gasteiger partial charge in [0.05, 0.1) is 20.6 Å². The van der Waals surface area contributed by atoms with E-state index in [9.17, 15) is 9.90 Å². The number of hydrogen-bond acceptors (Lipinski definition) is 5. The molecule has 0 amide bonds. The third-order valence-electron chi connectivity index (χ3n) is 3.38. The summed E-state index contributed by atoms with van der Waals surface area (Å²) in [5, 5.41) is 18.8. The molecule has 1 rings (SSSR count). The van der Waals surface area contributed by atoms with Crippen molar-refractivity contribution in [3.05, 3.63) is 0 Å². The van der Waals surface area contributed by atoms with Crippen molar-refractivity contribution in [2.75, 3.05) is 13.2 Å². The van der Waals surface area contributed by atoms with E-state index in [4.69, 9.17) is 11.9 Å². The van der Waals surface area contributed by atoms with Gasteiger partial charge in [-0.2, -0.15) is 0 Å². The predicted molar refractivity (Wildman–Crippen MR) is 72.5 cm³/mol. The fraction of sp³-hybridized carbons (Fsp3) is 0.900. The highest BCUT2D eigenvalue weighted by Crippen LogP contribution is 2.40. The third kappa shape index (κ3) is 4.53. The van der Waals surface area contributed by atoms with E-state index in [0.717, 1.165) is 19.2 Å². The minimum absolute atomic E-state index is 0.0117. The highest BCUT2D eigenvalue weighted by Gasteiger charge is 2.39. The topological polar surface area (TPSA) is 66.8 Å². The Morgan fingerprint density at radius 3 is 3.24 bits per heavy atom. The van der Waals surface area contributed by atoms with Crippen LogP contribution in [0.2, 0.25) is 0 Å². The largest absolute Gasteiger partial charge is 0.394 e. The van der Waals surface area contributed by atoms with Crippen LogP contribution in [0, 0.1) is 17.8 Å². The molecule has 1 aliphatic rings. The van der Waals surface area contributed by atoms with E-state index in [2.05, 4.69) is 0 Å². The van der Waals surface area contributed by atoms with E-state index >= 15 is 0 Å². The van der Waals surface area contributed by atoms with Crippen molar-refractivity contribution in [1.82, 2.24) is 0 Å². The molecule has 0 bridgehead atoms. The Morgan fingerprint density at radius 1 is 1.88 bits per heavy atom. The van der Waals surface area contributed by atoms with Gasteiger partial charge in [-0.15, -0.1) is 0 Å². The Balaban J connectivity index is 2.49. The van der Waals surface area contributed by atoms with Gasteiger partial charge in [0.2, 0.25) is 0 Å². The van der Waals surface area contributed by atoms with Crippen molar-refractivity contribution in [3.8, 4) is 0 Å². The van der Waals surface area contributed by atoms with Gasteiger partial charge in [0, 0.05) is 17.6 Å². The summed E-state index contributed by atoms with van der Waals surface area (Å²) in [7, 11) is -0.313. The Bertz CT molecular complexity index is 303. The standard InChI is InChI=1S/C10H19BO4PS/c1-6(13)7-2-8(5-15-17-16-11)9(3-7)10(14)4-12/h7-12,14,16H,2-5H2,1H3/t7-,8-,9+,10?,16?/m0/s1/i11T,16D. The van der Waals surface area contributed by atoms with Crippen molar-refractivity contribution in [2.45, 2.75) is 25.9 Å². The van der Waals surface area contributed by atoms with Gasteiger partial charge in [0.15, 0.2) is 0 Å². The molecule has 7 heteroatoms. The molecule has 1 radical (unpaired) electrons. The Morgan fingerprint density at radius 2 is 2.65 bits per heavy atom. The quantitative estimate of drug-likeness (QED) is 0.388. The number of hydrogen-bond donors (Lipinski definition) is 2. The molecule has 0 aromatic rings. The highest BCUT2D eigenvalue weighted by molar-refractivity contribution is 8.53. The number of Topliss-reactive ketones (excluding diaryl/α,β-unsaturated/α-hetero) is 1. The summed E-state index contributed by atoms with van der Waals surface area (Å²) >= 11 is 0.954. The predicted octanol–water partition coefficient (Wildman–Crippen LogP) is 0.645. The maximum Gasteiger partial charge on any atom is 0.137 e. The minimum Gasteiger partial charge on any atom is -0.394 e. The summed E-state index contributed by atoms with van der Waals surface area (Å²) in [4.78, 5) is 11.4. The average Bonchev–Trinajstić information content (AvgIpc) is 2.82. The molecule has 0 aliphatic heterocycles. The molecule has 97 valence electrons. The van der Waals surface area contributed by atoms with E-state index in [0.29, 0.717) is 19.4 Å². The molecule has 0 aromatic carbocycles. The van der Waals surface area contributed by atoms with Gasteiger partial charge in [0.25, 0.3) is 0 Å². The Kier molecular flexibility index (Phi) is 5.66. The van der Waals surface area contributed by atoms with Gasteiger partial charge in [0.1, 0.15) is 13.3 Å². The lowest BCUT2D eigenvalue weighted by Gasteiger charge is -2.22. The third-order valence-corrected chi connectivity index (χ3v) is 4.29. The zero-order valence-electron chi connectivity index (χ0n) is 11.8. The first-order chi connectivity index (χ1) is 8.99. The van der Waals surface area contributed by atoms with Gasteiger partial charge in [-0.05, 0) is 32.9 Å². The molecule has 2 unspecified atom stereocenters. The molecule has 17 heavy (non-hydrogen) atoms. The zero-order chi connectivity index (χ0) is 14.4. The van der Waals surface area contributed by atoms with E-state index < -0.39 is 13.7 Å². The molecule has 5 atom stereocenters. The Labute approximate surface area is 112 Å². The monoisotopic (exact) mass is 280 g/mol. The van der Waals surface area contributed by atoms with Crippen LogP contribution in [0.1, 0.15) is 19.8 Å². The van der Waals surface area contributed by atoms with E-state index in [1.54, 1.807) is 6.92 Å². The molecular formula is C10H19BO4PS. The van der Waals surface area contributed by atoms with Crippen molar-refractivity contribution in [3.63, 3.8) is 0 Å². The number of carbonyl (C=O) groups is 1. The van der Waals surface area contributed by atoms with E-state index in [1.165, 1.54) is 0 Å². The van der Waals surface area contributed by atoms with Crippen molar-refractivity contribution >= 4 is 32.6 Å². The van der Waals surface area contributed by atoms with Crippen LogP contribution in [0.5, 0.6) is 0 Å². The molecule has 0 aromatic heterocycles. The number of aliphatic hydroxyl groups is 2. The lowest BCUT2D eigenvalue weighted by atomic mass is 9.91. The molecular weight excluding hydrogens is 258 g/mol. The van der Waals surface area contributed by atoms with Crippen LogP contribution in [-0.4, -0.2) is 45.5 Å². The Hall–Kier alpha value is 0.395. The van der Waals surface area contributed by atoms with Gasteiger partial charge >= 0.3 is 0 Å². The molecule has 1 saturated carbocycles. The number of ketones is 1. The highest BCUT2D eigenvalue weighted by atomic mass is 32.7. The normalized spacial score (nSPS) is 33.7. The summed E-state index contributed by atoms with van der Waals surface area (Å²) in [6, 6.07) is 0. The van der Waals surface area contributed by atoms with Crippen molar-refractivity contribution < 1.29 is 19.2 Å². The maximum atomic E-state index is 11.4. The lowest BCUT2D eigenvalue weighted by molar-refractivity contribution is -0.120. The second kappa shape index (κ2) is 7.75. The fourth-order valence-corrected chi connectivity index (χ4v) is 3.10. The summed E-state index contributed by atoms with van der Waals surface area (Å²) in [5.74, 6) is -0.105. The maximum absolute atomic E-state index is 11.4. The fourth-order valence-electron chi connectivity index (χ4n) is 2.44. The molecule has 0 spiro atoms. The molecule has 4 nitrogen and oxygen atoms in total. The number of rotatable bonds is 8. The van der Waals surface area contributed by atoms with Gasteiger partial charge in [-0.1, -0.05) is 7.61 Å². The molecule has 1 fully saturated rings.